The second-order valence-corrected chi connectivity index (χ2v) is 8.39. The number of thiol groups is 1. The lowest BCUT2D eigenvalue weighted by molar-refractivity contribution is 0.188. The summed E-state index contributed by atoms with van der Waals surface area (Å²) < 4.78 is 11.6. The van der Waals surface area contributed by atoms with Crippen LogP contribution in [0.3, 0.4) is 0 Å². The molecule has 0 atom stereocenters. The zero-order chi connectivity index (χ0) is 13.0. The number of hydrogen-bond acceptors (Lipinski definition) is 3. The van der Waals surface area contributed by atoms with E-state index >= 15 is 0 Å². The van der Waals surface area contributed by atoms with E-state index in [1.165, 1.54) is 38.5 Å². The Morgan fingerprint density at radius 3 is 1.76 bits per heavy atom. The van der Waals surface area contributed by atoms with Crippen molar-refractivity contribution < 1.29 is 8.85 Å². The summed E-state index contributed by atoms with van der Waals surface area (Å²) >= 11 is 4.22. The SMILES string of the molecule is CCO[Si](C)(CCCCCCCCS)OCC. The van der Waals surface area contributed by atoms with Crippen LogP contribution in [0.4, 0.5) is 0 Å². The van der Waals surface area contributed by atoms with E-state index < -0.39 is 8.56 Å². The van der Waals surface area contributed by atoms with Crippen molar-refractivity contribution in [2.75, 3.05) is 19.0 Å². The molecule has 2 nitrogen and oxygen atoms in total. The molecule has 0 aromatic rings. The molecule has 0 heterocycles. The summed E-state index contributed by atoms with van der Waals surface area (Å²) in [5, 5.41) is 0. The highest BCUT2D eigenvalue weighted by Gasteiger charge is 2.29. The molecule has 104 valence electrons. The Kier molecular flexibility index (Phi) is 11.9. The Labute approximate surface area is 114 Å². The maximum absolute atomic E-state index is 5.82. The second-order valence-electron chi connectivity index (χ2n) is 4.59. The minimum atomic E-state index is -1.84. The van der Waals surface area contributed by atoms with Crippen LogP contribution in [0.25, 0.3) is 0 Å². The van der Waals surface area contributed by atoms with Gasteiger partial charge in [0, 0.05) is 13.2 Å². The average Bonchev–Trinajstić information content (AvgIpc) is 2.28. The highest BCUT2D eigenvalue weighted by atomic mass is 32.1. The van der Waals surface area contributed by atoms with Crippen LogP contribution in [0.2, 0.25) is 12.6 Å². The van der Waals surface area contributed by atoms with E-state index in [9.17, 15) is 0 Å². The van der Waals surface area contributed by atoms with Gasteiger partial charge in [0.15, 0.2) is 0 Å². The molecule has 0 bridgehead atoms. The standard InChI is InChI=1S/C13H30O2SSi/c1-4-14-17(3,15-5-2)13-11-9-7-6-8-10-12-16/h16H,4-13H2,1-3H3. The van der Waals surface area contributed by atoms with Gasteiger partial charge in [-0.25, -0.2) is 0 Å². The fraction of sp³-hybridized carbons (Fsp3) is 1.00. The van der Waals surface area contributed by atoms with Crippen LogP contribution in [0, 0.1) is 0 Å². The van der Waals surface area contributed by atoms with Gasteiger partial charge >= 0.3 is 8.56 Å². The van der Waals surface area contributed by atoms with Crippen molar-refractivity contribution >= 4 is 21.2 Å². The van der Waals surface area contributed by atoms with Crippen LogP contribution >= 0.6 is 12.6 Å². The van der Waals surface area contributed by atoms with Gasteiger partial charge in [0.2, 0.25) is 0 Å². The minimum Gasteiger partial charge on any atom is -0.395 e. The van der Waals surface area contributed by atoms with Gasteiger partial charge in [-0.2, -0.15) is 12.6 Å². The van der Waals surface area contributed by atoms with Crippen molar-refractivity contribution in [1.82, 2.24) is 0 Å². The molecule has 0 saturated carbocycles. The summed E-state index contributed by atoms with van der Waals surface area (Å²) in [6, 6.07) is 1.14. The third kappa shape index (κ3) is 10.1. The molecular weight excluding hydrogens is 248 g/mol. The van der Waals surface area contributed by atoms with Gasteiger partial charge in [0.25, 0.3) is 0 Å². The van der Waals surface area contributed by atoms with Crippen molar-refractivity contribution in [3.05, 3.63) is 0 Å². The topological polar surface area (TPSA) is 18.5 Å². The third-order valence-corrected chi connectivity index (χ3v) is 6.32. The van der Waals surface area contributed by atoms with E-state index in [0.717, 1.165) is 25.0 Å². The summed E-state index contributed by atoms with van der Waals surface area (Å²) in [4.78, 5) is 0. The minimum absolute atomic E-state index is 0.782. The molecular formula is C13H30O2SSi. The molecule has 0 rings (SSSR count). The van der Waals surface area contributed by atoms with E-state index in [0.29, 0.717) is 0 Å². The van der Waals surface area contributed by atoms with Gasteiger partial charge in [-0.1, -0.05) is 32.1 Å². The molecule has 0 N–H and O–H groups in total. The predicted molar refractivity (Wildman–Crippen MR) is 81.2 cm³/mol. The van der Waals surface area contributed by atoms with E-state index in [4.69, 9.17) is 8.85 Å². The van der Waals surface area contributed by atoms with Gasteiger partial charge in [-0.3, -0.25) is 0 Å². The lowest BCUT2D eigenvalue weighted by Crippen LogP contribution is -2.38. The molecule has 0 aromatic carbocycles. The molecule has 0 unspecified atom stereocenters. The van der Waals surface area contributed by atoms with Gasteiger partial charge in [0.1, 0.15) is 0 Å². The molecule has 0 saturated heterocycles. The Morgan fingerprint density at radius 1 is 0.824 bits per heavy atom. The van der Waals surface area contributed by atoms with Gasteiger partial charge in [-0.05, 0) is 38.6 Å². The molecule has 0 aliphatic heterocycles. The first-order valence-electron chi connectivity index (χ1n) is 7.07. The van der Waals surface area contributed by atoms with Crippen molar-refractivity contribution in [3.63, 3.8) is 0 Å². The van der Waals surface area contributed by atoms with Gasteiger partial charge < -0.3 is 8.85 Å². The van der Waals surface area contributed by atoms with Crippen molar-refractivity contribution in [2.24, 2.45) is 0 Å². The molecule has 0 spiro atoms. The quantitative estimate of drug-likeness (QED) is 0.324. The van der Waals surface area contributed by atoms with Gasteiger partial charge in [0.05, 0.1) is 0 Å². The van der Waals surface area contributed by atoms with Crippen LogP contribution in [0.1, 0.15) is 52.4 Å². The second kappa shape index (κ2) is 11.6. The Hall–Kier alpha value is 0.487. The first-order valence-corrected chi connectivity index (χ1v) is 10.2. The normalized spacial score (nSPS) is 12.0. The van der Waals surface area contributed by atoms with Crippen LogP contribution in [-0.4, -0.2) is 27.5 Å². The average molecular weight is 279 g/mol. The monoisotopic (exact) mass is 278 g/mol. The summed E-state index contributed by atoms with van der Waals surface area (Å²) in [6.45, 7) is 7.87. The molecule has 0 amide bonds. The zero-order valence-electron chi connectivity index (χ0n) is 11.8. The number of rotatable bonds is 12. The first kappa shape index (κ1) is 17.5. The fourth-order valence-corrected chi connectivity index (χ4v) is 4.77. The molecule has 0 aliphatic carbocycles. The largest absolute Gasteiger partial charge is 0.395 e. The van der Waals surface area contributed by atoms with Crippen molar-refractivity contribution in [2.45, 2.75) is 65.0 Å². The van der Waals surface area contributed by atoms with Crippen LogP contribution in [0.15, 0.2) is 0 Å². The van der Waals surface area contributed by atoms with E-state index in [1.54, 1.807) is 0 Å². The summed E-state index contributed by atoms with van der Waals surface area (Å²) in [7, 11) is -1.84. The Balaban J connectivity index is 3.54. The van der Waals surface area contributed by atoms with Crippen LogP contribution in [-0.2, 0) is 8.85 Å². The van der Waals surface area contributed by atoms with E-state index in [1.807, 2.05) is 0 Å². The van der Waals surface area contributed by atoms with E-state index in [-0.39, 0.29) is 0 Å². The lowest BCUT2D eigenvalue weighted by Gasteiger charge is -2.25. The molecule has 0 radical (unpaired) electrons. The zero-order valence-corrected chi connectivity index (χ0v) is 13.7. The summed E-state index contributed by atoms with van der Waals surface area (Å²) in [6.07, 6.45) is 7.85. The lowest BCUT2D eigenvalue weighted by atomic mass is 10.1. The molecule has 4 heteroatoms. The maximum Gasteiger partial charge on any atom is 0.334 e. The van der Waals surface area contributed by atoms with Gasteiger partial charge in [-0.15, -0.1) is 0 Å². The highest BCUT2D eigenvalue weighted by Crippen LogP contribution is 2.18. The predicted octanol–water partition coefficient (Wildman–Crippen LogP) is 4.40. The first-order chi connectivity index (χ1) is 8.18. The van der Waals surface area contributed by atoms with E-state index in [2.05, 4.69) is 33.0 Å². The maximum atomic E-state index is 5.82. The van der Waals surface area contributed by atoms with Crippen molar-refractivity contribution in [3.8, 4) is 0 Å². The Morgan fingerprint density at radius 2 is 1.29 bits per heavy atom. The molecule has 17 heavy (non-hydrogen) atoms. The highest BCUT2D eigenvalue weighted by molar-refractivity contribution is 7.80. The Bertz CT molecular complexity index is 161. The van der Waals surface area contributed by atoms with Crippen LogP contribution < -0.4 is 0 Å². The molecule has 0 fully saturated rings. The molecule has 0 aliphatic rings. The van der Waals surface area contributed by atoms with Crippen molar-refractivity contribution in [1.29, 1.82) is 0 Å². The fourth-order valence-electron chi connectivity index (χ4n) is 2.06. The number of unbranched alkanes of at least 4 members (excludes halogenated alkanes) is 5. The molecule has 0 aromatic heterocycles. The summed E-state index contributed by atoms with van der Waals surface area (Å²) in [5.41, 5.74) is 0. The summed E-state index contributed by atoms with van der Waals surface area (Å²) in [5.74, 6) is 1.03. The third-order valence-electron chi connectivity index (χ3n) is 2.94. The number of hydrogen-bond donors (Lipinski definition) is 1. The smallest absolute Gasteiger partial charge is 0.334 e. The van der Waals surface area contributed by atoms with Crippen LogP contribution in [0.5, 0.6) is 0 Å².